The first-order valence-electron chi connectivity index (χ1n) is 10.6. The van der Waals surface area contributed by atoms with Crippen LogP contribution >= 0.6 is 0 Å². The van der Waals surface area contributed by atoms with E-state index in [-0.39, 0.29) is 0 Å². The lowest BCUT2D eigenvalue weighted by Crippen LogP contribution is -2.26. The van der Waals surface area contributed by atoms with Crippen LogP contribution in [0.2, 0.25) is 0 Å². The molecule has 0 radical (unpaired) electrons. The number of pyridine rings is 1. The Hall–Kier alpha value is -2.73. The summed E-state index contributed by atoms with van der Waals surface area (Å²) in [4.78, 5) is 3.72. The zero-order chi connectivity index (χ0) is 20.1. The van der Waals surface area contributed by atoms with E-state index in [2.05, 4.69) is 77.8 Å². The molecule has 0 bridgehead atoms. The Bertz CT molecular complexity index is 1190. The number of piperidine rings is 1. The first-order chi connectivity index (χ1) is 14.0. The van der Waals surface area contributed by atoms with Gasteiger partial charge >= 0.3 is 0 Å². The highest BCUT2D eigenvalue weighted by molar-refractivity contribution is 5.92. The maximum Gasteiger partial charge on any atom is 0.182 e. The normalized spacial score (nSPS) is 15.8. The fourth-order valence-corrected chi connectivity index (χ4v) is 4.86. The van der Waals surface area contributed by atoms with Crippen molar-refractivity contribution in [1.82, 2.24) is 30.3 Å². The molecule has 150 valence electrons. The van der Waals surface area contributed by atoms with Crippen molar-refractivity contribution in [2.75, 3.05) is 13.1 Å². The number of nitrogens with zero attached hydrogens (tertiary/aromatic N) is 4. The van der Waals surface area contributed by atoms with Crippen molar-refractivity contribution in [3.05, 3.63) is 46.6 Å². The first-order valence-corrected chi connectivity index (χ1v) is 10.6. The fraction of sp³-hybridized carbons (Fsp3) is 0.435. The molecule has 1 aliphatic heterocycles. The van der Waals surface area contributed by atoms with E-state index in [4.69, 9.17) is 0 Å². The zero-order valence-corrected chi connectivity index (χ0v) is 17.6. The summed E-state index contributed by atoms with van der Waals surface area (Å²) in [5.74, 6) is 1.06. The van der Waals surface area contributed by atoms with E-state index in [1.54, 1.807) is 0 Å². The second-order valence-corrected chi connectivity index (χ2v) is 8.64. The molecule has 6 nitrogen and oxygen atoms in total. The summed E-state index contributed by atoms with van der Waals surface area (Å²) in [5, 5.41) is 17.1. The predicted molar refractivity (Wildman–Crippen MR) is 116 cm³/mol. The number of aromatic amines is 1. The monoisotopic (exact) mass is 388 g/mol. The first kappa shape index (κ1) is 18.3. The fourth-order valence-electron chi connectivity index (χ4n) is 4.86. The van der Waals surface area contributed by atoms with Crippen LogP contribution in [-0.4, -0.2) is 38.1 Å². The molecule has 3 aromatic heterocycles. The number of hydrogen-bond acceptors (Lipinski definition) is 4. The third-order valence-electron chi connectivity index (χ3n) is 6.41. The topological polar surface area (TPSA) is 70.9 Å². The second-order valence-electron chi connectivity index (χ2n) is 8.64. The molecule has 1 aliphatic rings. The Kier molecular flexibility index (Phi) is 4.39. The standard InChI is InChI=1S/C23H28N6/c1-13(2)21-19-12-17(16-7-9-24-10-8-16)5-6-20(19)25-22(21)18-11-14(3)23-26-27-28-29(23)15(18)4/h5-6,11-13,16,24-25H,7-10H2,1-4H3. The van der Waals surface area contributed by atoms with Crippen molar-refractivity contribution in [1.29, 1.82) is 0 Å². The van der Waals surface area contributed by atoms with E-state index < -0.39 is 0 Å². The average Bonchev–Trinajstić information content (AvgIpc) is 3.36. The number of nitrogens with one attached hydrogen (secondary N) is 2. The van der Waals surface area contributed by atoms with Gasteiger partial charge in [-0.2, -0.15) is 4.52 Å². The van der Waals surface area contributed by atoms with Gasteiger partial charge in [-0.1, -0.05) is 19.9 Å². The molecule has 4 aromatic rings. The Morgan fingerprint density at radius 3 is 2.66 bits per heavy atom. The van der Waals surface area contributed by atoms with Crippen LogP contribution in [0.1, 0.15) is 60.9 Å². The predicted octanol–water partition coefficient (Wildman–Crippen LogP) is 4.48. The van der Waals surface area contributed by atoms with Crippen LogP contribution in [0.5, 0.6) is 0 Å². The lowest BCUT2D eigenvalue weighted by molar-refractivity contribution is 0.460. The molecule has 5 rings (SSSR count). The molecule has 0 amide bonds. The van der Waals surface area contributed by atoms with Crippen LogP contribution in [0.25, 0.3) is 27.8 Å². The number of benzene rings is 1. The Labute approximate surface area is 170 Å². The smallest absolute Gasteiger partial charge is 0.182 e. The van der Waals surface area contributed by atoms with E-state index >= 15 is 0 Å². The Morgan fingerprint density at radius 1 is 1.10 bits per heavy atom. The lowest BCUT2D eigenvalue weighted by Gasteiger charge is -2.23. The van der Waals surface area contributed by atoms with Crippen molar-refractivity contribution < 1.29 is 0 Å². The summed E-state index contributed by atoms with van der Waals surface area (Å²) in [6.45, 7) is 10.9. The summed E-state index contributed by atoms with van der Waals surface area (Å²) in [6, 6.07) is 9.22. The van der Waals surface area contributed by atoms with Crippen molar-refractivity contribution in [2.45, 2.75) is 52.4 Å². The molecule has 0 spiro atoms. The number of H-pyrrole nitrogens is 1. The van der Waals surface area contributed by atoms with Gasteiger partial charge in [0.25, 0.3) is 0 Å². The maximum absolute atomic E-state index is 4.20. The van der Waals surface area contributed by atoms with Crippen LogP contribution in [0.4, 0.5) is 0 Å². The molecule has 1 saturated heterocycles. The van der Waals surface area contributed by atoms with Crippen molar-refractivity contribution in [3.63, 3.8) is 0 Å². The highest BCUT2D eigenvalue weighted by atomic mass is 15.5. The van der Waals surface area contributed by atoms with Crippen LogP contribution in [0.15, 0.2) is 24.3 Å². The Balaban J connectivity index is 1.72. The number of aromatic nitrogens is 5. The second kappa shape index (κ2) is 6.95. The summed E-state index contributed by atoms with van der Waals surface area (Å²) < 4.78 is 1.85. The lowest BCUT2D eigenvalue weighted by atomic mass is 9.88. The van der Waals surface area contributed by atoms with E-state index in [0.29, 0.717) is 11.8 Å². The zero-order valence-electron chi connectivity index (χ0n) is 17.6. The van der Waals surface area contributed by atoms with E-state index in [9.17, 15) is 0 Å². The largest absolute Gasteiger partial charge is 0.354 e. The van der Waals surface area contributed by atoms with Gasteiger partial charge in [0.15, 0.2) is 5.65 Å². The van der Waals surface area contributed by atoms with Crippen LogP contribution in [0, 0.1) is 13.8 Å². The molecule has 29 heavy (non-hydrogen) atoms. The van der Waals surface area contributed by atoms with Gasteiger partial charge in [0.1, 0.15) is 0 Å². The highest BCUT2D eigenvalue weighted by Gasteiger charge is 2.22. The molecule has 6 heteroatoms. The van der Waals surface area contributed by atoms with Gasteiger partial charge in [0.2, 0.25) is 0 Å². The van der Waals surface area contributed by atoms with Crippen LogP contribution in [-0.2, 0) is 0 Å². The molecule has 2 N–H and O–H groups in total. The number of fused-ring (bicyclic) bond motifs is 2. The number of tetrazole rings is 1. The molecule has 1 fully saturated rings. The summed E-state index contributed by atoms with van der Waals surface area (Å²) in [5.41, 5.74) is 9.38. The highest BCUT2D eigenvalue weighted by Crippen LogP contribution is 2.39. The average molecular weight is 389 g/mol. The summed E-state index contributed by atoms with van der Waals surface area (Å²) >= 11 is 0. The van der Waals surface area contributed by atoms with Gasteiger partial charge in [-0.25, -0.2) is 0 Å². The van der Waals surface area contributed by atoms with Gasteiger partial charge < -0.3 is 10.3 Å². The van der Waals surface area contributed by atoms with E-state index in [1.165, 1.54) is 46.1 Å². The number of rotatable bonds is 3. The molecular formula is C23H28N6. The van der Waals surface area contributed by atoms with Gasteiger partial charge in [-0.15, -0.1) is 5.10 Å². The quantitative estimate of drug-likeness (QED) is 0.543. The molecule has 0 unspecified atom stereocenters. The molecule has 0 aliphatic carbocycles. The van der Waals surface area contributed by atoms with Gasteiger partial charge in [-0.05, 0) is 96.9 Å². The van der Waals surface area contributed by atoms with E-state index in [0.717, 1.165) is 30.0 Å². The van der Waals surface area contributed by atoms with E-state index in [1.807, 2.05) is 4.52 Å². The minimum atomic E-state index is 0.409. The third kappa shape index (κ3) is 2.94. The SMILES string of the molecule is Cc1cc(-c2[nH]c3ccc(C4CCNCC4)cc3c2C(C)C)c(C)n2nnnc12. The molecule has 1 aromatic carbocycles. The molecule has 4 heterocycles. The molecule has 0 atom stereocenters. The molecule has 0 saturated carbocycles. The van der Waals surface area contributed by atoms with Crippen LogP contribution < -0.4 is 5.32 Å². The van der Waals surface area contributed by atoms with Gasteiger partial charge in [0, 0.05) is 16.5 Å². The van der Waals surface area contributed by atoms with Crippen molar-refractivity contribution in [3.8, 4) is 11.3 Å². The number of hydrogen-bond donors (Lipinski definition) is 2. The maximum atomic E-state index is 4.20. The number of aryl methyl sites for hydroxylation is 2. The Morgan fingerprint density at radius 2 is 1.90 bits per heavy atom. The minimum absolute atomic E-state index is 0.409. The minimum Gasteiger partial charge on any atom is -0.354 e. The van der Waals surface area contributed by atoms with Gasteiger partial charge in [0.05, 0.1) is 11.4 Å². The molecular weight excluding hydrogens is 360 g/mol. The van der Waals surface area contributed by atoms with Gasteiger partial charge in [-0.3, -0.25) is 0 Å². The summed E-state index contributed by atoms with van der Waals surface area (Å²) in [7, 11) is 0. The van der Waals surface area contributed by atoms with Crippen molar-refractivity contribution in [2.24, 2.45) is 0 Å². The summed E-state index contributed by atoms with van der Waals surface area (Å²) in [6.07, 6.45) is 2.43. The van der Waals surface area contributed by atoms with Crippen molar-refractivity contribution >= 4 is 16.6 Å². The third-order valence-corrected chi connectivity index (χ3v) is 6.41. The van der Waals surface area contributed by atoms with Crippen LogP contribution in [0.3, 0.4) is 0 Å².